The normalized spacial score (nSPS) is 23.8. The molecule has 1 unspecified atom stereocenters. The minimum absolute atomic E-state index is 0.0404. The third kappa shape index (κ3) is 6.57. The van der Waals surface area contributed by atoms with Gasteiger partial charge < -0.3 is 19.6 Å². The third-order valence-electron chi connectivity index (χ3n) is 13.2. The molecule has 6 aliphatic rings. The molecule has 13 nitrogen and oxygen atoms in total. The van der Waals surface area contributed by atoms with Crippen LogP contribution in [0.5, 0.6) is 0 Å². The zero-order valence-corrected chi connectivity index (χ0v) is 32.0. The summed E-state index contributed by atoms with van der Waals surface area (Å²) in [6.45, 7) is 16.4. The molecule has 0 bridgehead atoms. The van der Waals surface area contributed by atoms with Crippen molar-refractivity contribution in [2.45, 2.75) is 57.2 Å². The molecule has 1 spiro atoms. The fourth-order valence-electron chi connectivity index (χ4n) is 9.87. The lowest BCUT2D eigenvalue weighted by molar-refractivity contribution is -0.136. The largest absolute Gasteiger partial charge is 0.371 e. The van der Waals surface area contributed by atoms with E-state index in [1.165, 1.54) is 6.07 Å². The lowest BCUT2D eigenvalue weighted by Crippen LogP contribution is -2.63. The first-order valence-corrected chi connectivity index (χ1v) is 19.9. The highest BCUT2D eigenvalue weighted by molar-refractivity contribution is 6.23. The van der Waals surface area contributed by atoms with Gasteiger partial charge >= 0.3 is 0 Å². The van der Waals surface area contributed by atoms with Crippen LogP contribution in [0.4, 0.5) is 27.1 Å². The van der Waals surface area contributed by atoms with Crippen molar-refractivity contribution < 1.29 is 28.4 Å². The van der Waals surface area contributed by atoms with Crippen molar-refractivity contribution in [3.63, 3.8) is 0 Å². The van der Waals surface area contributed by atoms with Gasteiger partial charge in [0.2, 0.25) is 17.5 Å². The summed E-state index contributed by atoms with van der Waals surface area (Å²) in [5.41, 5.74) is 4.28. The van der Waals surface area contributed by atoms with Crippen molar-refractivity contribution in [3.8, 4) is 0 Å². The average molecular weight is 773 g/mol. The van der Waals surface area contributed by atoms with E-state index in [4.69, 9.17) is 6.57 Å². The summed E-state index contributed by atoms with van der Waals surface area (Å²) in [6, 6.07) is 17.8. The summed E-state index contributed by atoms with van der Waals surface area (Å²) in [5, 5.41) is 2.23. The summed E-state index contributed by atoms with van der Waals surface area (Å²) >= 11 is 0. The number of amides is 5. The van der Waals surface area contributed by atoms with E-state index >= 15 is 0 Å². The average Bonchev–Trinajstić information content (AvgIpc) is 3.65. The highest BCUT2D eigenvalue weighted by atomic mass is 19.1. The molecule has 5 amide bonds. The standard InChI is InChI=1S/C43H45FN8O5/c1-27-23-43(26-51(27)31-8-10-36(45-2)35(44)22-31)13-15-47(16-14-43)29-5-3-28(4-6-29)40(55)49-19-17-48(18-20-49)32-24-50(25-32)30-7-9-33-34(21-30)42(57)52(41(33)56)37-11-12-38(53)46-39(37)54/h3-10,21-22,27,32,37H,11-20,23-26H2,1H3,(H,46,53,54)/t27-,37?/m0/s1. The molecule has 0 radical (unpaired) electrons. The van der Waals surface area contributed by atoms with Gasteiger partial charge in [-0.25, -0.2) is 9.24 Å². The number of carbonyl (C=O) groups excluding carboxylic acids is 5. The number of anilines is 3. The number of imide groups is 2. The lowest BCUT2D eigenvalue weighted by atomic mass is 9.76. The van der Waals surface area contributed by atoms with Crippen LogP contribution in [-0.4, -0.2) is 121 Å². The molecule has 0 aromatic heterocycles. The summed E-state index contributed by atoms with van der Waals surface area (Å²) in [6.07, 6.45) is 3.34. The molecular weight excluding hydrogens is 728 g/mol. The molecule has 5 fully saturated rings. The second kappa shape index (κ2) is 14.3. The number of piperazine rings is 1. The number of nitrogens with zero attached hydrogens (tertiary/aromatic N) is 7. The Balaban J connectivity index is 0.741. The molecule has 3 aromatic carbocycles. The van der Waals surface area contributed by atoms with Gasteiger partial charge in [0.25, 0.3) is 17.7 Å². The predicted molar refractivity (Wildman–Crippen MR) is 211 cm³/mol. The number of rotatable bonds is 6. The molecule has 0 aliphatic carbocycles. The van der Waals surface area contributed by atoms with E-state index in [1.807, 2.05) is 29.2 Å². The number of nitrogens with one attached hydrogen (secondary N) is 1. The molecule has 14 heteroatoms. The summed E-state index contributed by atoms with van der Waals surface area (Å²) < 4.78 is 14.4. The zero-order valence-electron chi connectivity index (χ0n) is 32.0. The maximum Gasteiger partial charge on any atom is 0.262 e. The van der Waals surface area contributed by atoms with Crippen LogP contribution in [0.25, 0.3) is 4.85 Å². The van der Waals surface area contributed by atoms with Crippen molar-refractivity contribution in [1.82, 2.24) is 20.0 Å². The van der Waals surface area contributed by atoms with Crippen molar-refractivity contribution in [1.29, 1.82) is 0 Å². The van der Waals surface area contributed by atoms with Crippen molar-refractivity contribution in [3.05, 3.63) is 94.6 Å². The van der Waals surface area contributed by atoms with Crippen LogP contribution in [0.15, 0.2) is 60.7 Å². The van der Waals surface area contributed by atoms with Crippen molar-refractivity contribution in [2.75, 3.05) is 73.6 Å². The first kappa shape index (κ1) is 36.8. The van der Waals surface area contributed by atoms with E-state index < -0.39 is 35.5 Å². The summed E-state index contributed by atoms with van der Waals surface area (Å²) in [4.78, 5) is 79.4. The number of halogens is 1. The molecule has 0 saturated carbocycles. The number of carbonyl (C=O) groups is 5. The van der Waals surface area contributed by atoms with Gasteiger partial charge in [0.15, 0.2) is 0 Å². The SMILES string of the molecule is [C-]#[N+]c1ccc(N2CC3(CCN(c4ccc(C(=O)N5CCN(C6CN(c7ccc8c(c7)C(=O)N(C7CCC(=O)NC7=O)C8=O)C6)CC5)cc4)CC3)C[C@@H]2C)cc1F. The Bertz CT molecular complexity index is 2200. The van der Waals surface area contributed by atoms with Gasteiger partial charge in [-0.2, -0.15) is 0 Å². The second-order valence-electron chi connectivity index (χ2n) is 16.5. The Labute approximate surface area is 330 Å². The fraction of sp³-hybridized carbons (Fsp3) is 0.442. The Kier molecular flexibility index (Phi) is 9.23. The molecule has 2 atom stereocenters. The Morgan fingerprint density at radius 1 is 0.825 bits per heavy atom. The molecular formula is C43H45FN8O5. The van der Waals surface area contributed by atoms with E-state index in [0.29, 0.717) is 30.7 Å². The number of fused-ring (bicyclic) bond motifs is 1. The Morgan fingerprint density at radius 2 is 1.51 bits per heavy atom. The smallest absolute Gasteiger partial charge is 0.262 e. The first-order chi connectivity index (χ1) is 27.5. The van der Waals surface area contributed by atoms with Gasteiger partial charge in [0, 0.05) is 100 Å². The quantitative estimate of drug-likeness (QED) is 0.289. The van der Waals surface area contributed by atoms with Crippen LogP contribution in [0.1, 0.15) is 70.1 Å². The van der Waals surface area contributed by atoms with E-state index in [0.717, 1.165) is 87.0 Å². The number of hydrogen-bond acceptors (Lipinski definition) is 9. The minimum atomic E-state index is -0.987. The molecule has 6 aliphatic heterocycles. The molecule has 6 heterocycles. The van der Waals surface area contributed by atoms with Crippen LogP contribution in [0.2, 0.25) is 0 Å². The van der Waals surface area contributed by atoms with Gasteiger partial charge in [-0.05, 0) is 92.6 Å². The van der Waals surface area contributed by atoms with E-state index in [1.54, 1.807) is 18.2 Å². The monoisotopic (exact) mass is 772 g/mol. The van der Waals surface area contributed by atoms with Gasteiger partial charge in [-0.15, -0.1) is 0 Å². The highest BCUT2D eigenvalue weighted by Gasteiger charge is 2.46. The van der Waals surface area contributed by atoms with Crippen LogP contribution >= 0.6 is 0 Å². The highest BCUT2D eigenvalue weighted by Crippen LogP contribution is 2.46. The fourth-order valence-corrected chi connectivity index (χ4v) is 9.87. The Hall–Kier alpha value is -5.81. The van der Waals surface area contributed by atoms with Crippen LogP contribution < -0.4 is 20.0 Å². The first-order valence-electron chi connectivity index (χ1n) is 19.9. The number of hydrogen-bond donors (Lipinski definition) is 1. The molecule has 5 saturated heterocycles. The zero-order chi connectivity index (χ0) is 39.6. The van der Waals surface area contributed by atoms with E-state index in [-0.39, 0.29) is 41.0 Å². The molecule has 1 N–H and O–H groups in total. The predicted octanol–water partition coefficient (Wildman–Crippen LogP) is 4.31. The Morgan fingerprint density at radius 3 is 2.19 bits per heavy atom. The maximum atomic E-state index is 14.4. The van der Waals surface area contributed by atoms with Crippen LogP contribution in [-0.2, 0) is 9.59 Å². The lowest BCUT2D eigenvalue weighted by Gasteiger charge is -2.49. The van der Waals surface area contributed by atoms with Gasteiger partial charge in [-0.3, -0.25) is 39.1 Å². The third-order valence-corrected chi connectivity index (χ3v) is 13.2. The van der Waals surface area contributed by atoms with E-state index in [9.17, 15) is 28.4 Å². The molecule has 294 valence electrons. The summed E-state index contributed by atoms with van der Waals surface area (Å²) in [7, 11) is 0. The molecule has 57 heavy (non-hydrogen) atoms. The number of piperidine rings is 2. The summed E-state index contributed by atoms with van der Waals surface area (Å²) in [5.74, 6) is -2.46. The molecule has 3 aromatic rings. The van der Waals surface area contributed by atoms with Gasteiger partial charge in [0.1, 0.15) is 11.9 Å². The van der Waals surface area contributed by atoms with Crippen LogP contribution in [0.3, 0.4) is 0 Å². The molecule has 9 rings (SSSR count). The van der Waals surface area contributed by atoms with Gasteiger partial charge in [-0.1, -0.05) is 6.07 Å². The minimum Gasteiger partial charge on any atom is -0.371 e. The van der Waals surface area contributed by atoms with Gasteiger partial charge in [0.05, 0.1) is 17.7 Å². The van der Waals surface area contributed by atoms with Crippen LogP contribution in [0, 0.1) is 17.8 Å². The number of benzene rings is 3. The topological polar surface area (TPSA) is 121 Å². The van der Waals surface area contributed by atoms with Crippen molar-refractivity contribution in [2.24, 2.45) is 5.41 Å². The van der Waals surface area contributed by atoms with Crippen molar-refractivity contribution >= 4 is 52.3 Å². The van der Waals surface area contributed by atoms with E-state index in [2.05, 4.69) is 48.8 Å². The second-order valence-corrected chi connectivity index (χ2v) is 16.5. The maximum absolute atomic E-state index is 14.4.